The van der Waals surface area contributed by atoms with Crippen LogP contribution in [-0.2, 0) is 26.5 Å². The van der Waals surface area contributed by atoms with Crippen LogP contribution in [0.25, 0.3) is 11.4 Å². The summed E-state index contributed by atoms with van der Waals surface area (Å²) in [5, 5.41) is 20.4. The highest BCUT2D eigenvalue weighted by atomic mass is 16.3. The summed E-state index contributed by atoms with van der Waals surface area (Å²) in [5.41, 5.74) is 6.79. The summed E-state index contributed by atoms with van der Waals surface area (Å²) < 4.78 is 1.73. The Morgan fingerprint density at radius 1 is 1.15 bits per heavy atom. The molecule has 1 aliphatic heterocycles. The van der Waals surface area contributed by atoms with Crippen molar-refractivity contribution in [1.82, 2.24) is 30.0 Å². The number of aryl methyl sites for hydroxylation is 2. The first-order valence-corrected chi connectivity index (χ1v) is 11.6. The molecule has 1 saturated heterocycles. The Morgan fingerprint density at radius 3 is 2.68 bits per heavy atom. The predicted molar refractivity (Wildman–Crippen MR) is 130 cm³/mol. The van der Waals surface area contributed by atoms with Crippen LogP contribution in [0.15, 0.2) is 24.4 Å². The number of nitrogens with zero attached hydrogens (tertiary/aromatic N) is 6. The third-order valence-electron chi connectivity index (χ3n) is 6.67. The van der Waals surface area contributed by atoms with Gasteiger partial charge in [0.2, 0.25) is 5.95 Å². The number of aromatic nitrogens is 4. The third-order valence-corrected chi connectivity index (χ3v) is 6.67. The molecule has 0 saturated carbocycles. The zero-order chi connectivity index (χ0) is 23.8. The summed E-state index contributed by atoms with van der Waals surface area (Å²) in [5.74, 6) is 0.273. The van der Waals surface area contributed by atoms with E-state index in [0.717, 1.165) is 78.5 Å². The van der Waals surface area contributed by atoms with Gasteiger partial charge in [0.25, 0.3) is 5.91 Å². The van der Waals surface area contributed by atoms with Gasteiger partial charge in [-0.1, -0.05) is 0 Å². The molecule has 34 heavy (non-hydrogen) atoms. The molecule has 10 nitrogen and oxygen atoms in total. The fourth-order valence-electron chi connectivity index (χ4n) is 4.79. The number of likely N-dealkylation sites (N-methyl/N-ethyl adjacent to an activating group) is 1. The molecule has 0 atom stereocenters. The maximum absolute atomic E-state index is 12.3. The van der Waals surface area contributed by atoms with Gasteiger partial charge < -0.3 is 25.5 Å². The Morgan fingerprint density at radius 2 is 1.94 bits per heavy atom. The number of hydrogen-bond donors (Lipinski definition) is 3. The van der Waals surface area contributed by atoms with E-state index < -0.39 is 0 Å². The van der Waals surface area contributed by atoms with Gasteiger partial charge in [-0.2, -0.15) is 5.10 Å². The minimum Gasteiger partial charge on any atom is -0.392 e. The highest BCUT2D eigenvalue weighted by Crippen LogP contribution is 2.34. The van der Waals surface area contributed by atoms with Crippen LogP contribution >= 0.6 is 0 Å². The topological polar surface area (TPSA) is 111 Å². The minimum absolute atomic E-state index is 0.0388. The largest absolute Gasteiger partial charge is 0.392 e. The number of carbonyl (C=O) groups excluding carboxylic acids is 1. The van der Waals surface area contributed by atoms with Gasteiger partial charge in [-0.3, -0.25) is 9.48 Å². The number of nitrogens with one attached hydrogen (secondary N) is 2. The average molecular weight is 463 g/mol. The number of piperazine rings is 1. The van der Waals surface area contributed by atoms with Gasteiger partial charge in [0.15, 0.2) is 5.69 Å². The van der Waals surface area contributed by atoms with Crippen molar-refractivity contribution in [3.05, 3.63) is 46.8 Å². The van der Waals surface area contributed by atoms with E-state index in [1.807, 2.05) is 31.4 Å². The standard InChI is InChI=1S/C24H30N8O2/c1-25-23(34)21-18-6-4-15-13-26-24(28-20(15)22(18)31(3)29-21)27-17-5-7-19(16(12-17)14-33)32-10-8-30(2)9-11-32/h5,7,12-13,33H,4,6,8-11,14H2,1-3H3,(H,25,34)(H,26,27,28). The van der Waals surface area contributed by atoms with E-state index in [9.17, 15) is 9.90 Å². The van der Waals surface area contributed by atoms with Crippen molar-refractivity contribution in [2.24, 2.45) is 7.05 Å². The Kier molecular flexibility index (Phi) is 5.93. The normalized spacial score (nSPS) is 15.6. The zero-order valence-electron chi connectivity index (χ0n) is 19.8. The van der Waals surface area contributed by atoms with Gasteiger partial charge in [0, 0.05) is 69.0 Å². The monoisotopic (exact) mass is 462 g/mol. The third kappa shape index (κ3) is 3.99. The molecular weight excluding hydrogens is 432 g/mol. The zero-order valence-corrected chi connectivity index (χ0v) is 19.8. The van der Waals surface area contributed by atoms with E-state index in [1.54, 1.807) is 11.7 Å². The quantitative estimate of drug-likeness (QED) is 0.521. The number of rotatable bonds is 5. The highest BCUT2D eigenvalue weighted by molar-refractivity contribution is 5.95. The van der Waals surface area contributed by atoms with Crippen LogP contribution in [0.2, 0.25) is 0 Å². The molecule has 0 unspecified atom stereocenters. The van der Waals surface area contributed by atoms with E-state index in [1.165, 1.54) is 0 Å². The second-order valence-corrected chi connectivity index (χ2v) is 8.86. The summed E-state index contributed by atoms with van der Waals surface area (Å²) in [4.78, 5) is 26.2. The maximum Gasteiger partial charge on any atom is 0.271 e. The predicted octanol–water partition coefficient (Wildman–Crippen LogP) is 1.32. The number of anilines is 3. The molecule has 0 radical (unpaired) electrons. The molecule has 1 aromatic carbocycles. The molecule has 2 aromatic heterocycles. The van der Waals surface area contributed by atoms with Crippen molar-refractivity contribution >= 4 is 23.2 Å². The fourth-order valence-corrected chi connectivity index (χ4v) is 4.79. The first-order valence-electron chi connectivity index (χ1n) is 11.6. The molecule has 1 aliphatic carbocycles. The first-order chi connectivity index (χ1) is 16.5. The Hall–Kier alpha value is -3.50. The highest BCUT2D eigenvalue weighted by Gasteiger charge is 2.28. The lowest BCUT2D eigenvalue weighted by molar-refractivity contribution is 0.0956. The molecule has 3 aromatic rings. The van der Waals surface area contributed by atoms with E-state index in [2.05, 4.69) is 37.6 Å². The lowest BCUT2D eigenvalue weighted by Crippen LogP contribution is -2.44. The van der Waals surface area contributed by atoms with E-state index >= 15 is 0 Å². The number of amides is 1. The lowest BCUT2D eigenvalue weighted by atomic mass is 9.93. The van der Waals surface area contributed by atoms with Crippen LogP contribution in [0.4, 0.5) is 17.3 Å². The molecule has 178 valence electrons. The maximum atomic E-state index is 12.3. The van der Waals surface area contributed by atoms with Crippen molar-refractivity contribution in [2.45, 2.75) is 19.4 Å². The van der Waals surface area contributed by atoms with Gasteiger partial charge in [-0.15, -0.1) is 0 Å². The van der Waals surface area contributed by atoms with Gasteiger partial charge in [0.1, 0.15) is 0 Å². The summed E-state index contributed by atoms with van der Waals surface area (Å²) in [6, 6.07) is 6.00. The smallest absolute Gasteiger partial charge is 0.271 e. The van der Waals surface area contributed by atoms with E-state index in [0.29, 0.717) is 11.6 Å². The first kappa shape index (κ1) is 22.3. The summed E-state index contributed by atoms with van der Waals surface area (Å²) in [6.45, 7) is 3.85. The number of carbonyl (C=O) groups is 1. The average Bonchev–Trinajstić information content (AvgIpc) is 3.21. The van der Waals surface area contributed by atoms with Gasteiger partial charge in [-0.05, 0) is 43.7 Å². The summed E-state index contributed by atoms with van der Waals surface area (Å²) in [7, 11) is 5.57. The van der Waals surface area contributed by atoms with Crippen molar-refractivity contribution in [3.63, 3.8) is 0 Å². The molecule has 5 rings (SSSR count). The number of aliphatic hydroxyl groups is 1. The second-order valence-electron chi connectivity index (χ2n) is 8.86. The van der Waals surface area contributed by atoms with Gasteiger partial charge >= 0.3 is 0 Å². The molecule has 0 bridgehead atoms. The lowest BCUT2D eigenvalue weighted by Gasteiger charge is -2.35. The van der Waals surface area contributed by atoms with Gasteiger partial charge in [-0.25, -0.2) is 9.97 Å². The molecule has 1 amide bonds. The SMILES string of the molecule is CNC(=O)c1nn(C)c2c1CCc1cnc(Nc3ccc(N4CCN(C)CC4)c(CO)c3)nc1-2. The summed E-state index contributed by atoms with van der Waals surface area (Å²) in [6.07, 6.45) is 3.32. The Bertz CT molecular complexity index is 1230. The summed E-state index contributed by atoms with van der Waals surface area (Å²) >= 11 is 0. The minimum atomic E-state index is -0.190. The van der Waals surface area contributed by atoms with Crippen LogP contribution < -0.4 is 15.5 Å². The molecular formula is C24H30N8O2. The molecule has 3 heterocycles. The van der Waals surface area contributed by atoms with Crippen LogP contribution in [0.1, 0.15) is 27.2 Å². The molecule has 3 N–H and O–H groups in total. The van der Waals surface area contributed by atoms with Crippen LogP contribution in [0, 0.1) is 0 Å². The number of aliphatic hydroxyl groups excluding tert-OH is 1. The molecule has 2 aliphatic rings. The van der Waals surface area contributed by atoms with Crippen molar-refractivity contribution in [1.29, 1.82) is 0 Å². The van der Waals surface area contributed by atoms with Crippen molar-refractivity contribution in [3.8, 4) is 11.4 Å². The van der Waals surface area contributed by atoms with Crippen molar-refractivity contribution < 1.29 is 9.90 Å². The number of hydrogen-bond acceptors (Lipinski definition) is 8. The van der Waals surface area contributed by atoms with Gasteiger partial charge in [0.05, 0.1) is 18.0 Å². The van der Waals surface area contributed by atoms with Crippen LogP contribution in [-0.4, -0.2) is 75.9 Å². The van der Waals surface area contributed by atoms with E-state index in [-0.39, 0.29) is 12.5 Å². The second kappa shape index (κ2) is 9.03. The number of fused-ring (bicyclic) bond motifs is 3. The molecule has 0 spiro atoms. The Balaban J connectivity index is 1.43. The fraction of sp³-hybridized carbons (Fsp3) is 0.417. The van der Waals surface area contributed by atoms with Crippen LogP contribution in [0.3, 0.4) is 0 Å². The molecule has 10 heteroatoms. The van der Waals surface area contributed by atoms with Crippen LogP contribution in [0.5, 0.6) is 0 Å². The Labute approximate surface area is 198 Å². The van der Waals surface area contributed by atoms with E-state index in [4.69, 9.17) is 4.98 Å². The van der Waals surface area contributed by atoms with Crippen molar-refractivity contribution in [2.75, 3.05) is 50.5 Å². The molecule has 1 fully saturated rings. The number of benzene rings is 1.